The fourth-order valence-electron chi connectivity index (χ4n) is 2.92. The molecule has 0 radical (unpaired) electrons. The lowest BCUT2D eigenvalue weighted by Crippen LogP contribution is -2.36. The van der Waals surface area contributed by atoms with Gasteiger partial charge in [0, 0.05) is 6.54 Å². The van der Waals surface area contributed by atoms with Gasteiger partial charge in [-0.2, -0.15) is 0 Å². The molecule has 1 heterocycles. The summed E-state index contributed by atoms with van der Waals surface area (Å²) in [6.45, 7) is 8.25. The summed E-state index contributed by atoms with van der Waals surface area (Å²) in [5, 5.41) is 0. The summed E-state index contributed by atoms with van der Waals surface area (Å²) in [5.74, 6) is -0.352. The van der Waals surface area contributed by atoms with Crippen LogP contribution >= 0.6 is 0 Å². The molecule has 0 aromatic heterocycles. The Kier molecular flexibility index (Phi) is 4.97. The summed E-state index contributed by atoms with van der Waals surface area (Å²) in [5.41, 5.74) is 2.05. The molecule has 1 aliphatic heterocycles. The van der Waals surface area contributed by atoms with Crippen LogP contribution < -0.4 is 0 Å². The Morgan fingerprint density at radius 2 is 1.96 bits per heavy atom. The molecule has 0 bridgehead atoms. The third kappa shape index (κ3) is 4.03. The number of carbonyl (C=O) groups is 2. The smallest absolute Gasteiger partial charge is 0.410 e. The van der Waals surface area contributed by atoms with Gasteiger partial charge in [-0.1, -0.05) is 6.07 Å². The predicted molar refractivity (Wildman–Crippen MR) is 87.4 cm³/mol. The lowest BCUT2D eigenvalue weighted by Gasteiger charge is -2.29. The molecule has 0 aliphatic carbocycles. The van der Waals surface area contributed by atoms with Crippen LogP contribution in [0.25, 0.3) is 0 Å². The zero-order valence-electron chi connectivity index (χ0n) is 14.5. The van der Waals surface area contributed by atoms with Gasteiger partial charge >= 0.3 is 12.1 Å². The molecular weight excluding hydrogens is 294 g/mol. The molecular formula is C18H25NO4. The molecule has 1 aromatic rings. The Bertz CT molecular complexity index is 604. The van der Waals surface area contributed by atoms with E-state index in [0.717, 1.165) is 24.0 Å². The van der Waals surface area contributed by atoms with Crippen molar-refractivity contribution in [2.45, 2.75) is 52.2 Å². The second-order valence-corrected chi connectivity index (χ2v) is 6.89. The molecule has 0 saturated carbocycles. The third-order valence-electron chi connectivity index (χ3n) is 3.93. The number of aryl methyl sites for hydroxylation is 1. The first-order valence-electron chi connectivity index (χ1n) is 7.91. The Morgan fingerprint density at radius 3 is 2.52 bits per heavy atom. The first-order chi connectivity index (χ1) is 10.7. The van der Waals surface area contributed by atoms with E-state index in [9.17, 15) is 9.59 Å². The van der Waals surface area contributed by atoms with Crippen molar-refractivity contribution in [3.8, 4) is 0 Å². The number of hydrogen-bond acceptors (Lipinski definition) is 4. The number of carbonyl (C=O) groups excluding carboxylic acids is 2. The van der Waals surface area contributed by atoms with Gasteiger partial charge in [-0.05, 0) is 63.8 Å². The first-order valence-corrected chi connectivity index (χ1v) is 7.91. The molecule has 5 heteroatoms. The number of likely N-dealkylation sites (tertiary alicyclic amines) is 1. The lowest BCUT2D eigenvalue weighted by molar-refractivity contribution is 0.0223. The molecule has 1 saturated heterocycles. The van der Waals surface area contributed by atoms with Gasteiger partial charge in [-0.15, -0.1) is 0 Å². The van der Waals surface area contributed by atoms with Crippen molar-refractivity contribution in [1.29, 1.82) is 0 Å². The van der Waals surface area contributed by atoms with E-state index in [1.54, 1.807) is 11.0 Å². The number of esters is 1. The predicted octanol–water partition coefficient (Wildman–Crippen LogP) is 3.85. The number of methoxy groups -OCH3 is 1. The van der Waals surface area contributed by atoms with E-state index in [0.29, 0.717) is 12.1 Å². The Balaban J connectivity index is 2.23. The summed E-state index contributed by atoms with van der Waals surface area (Å²) in [4.78, 5) is 25.8. The SMILES string of the molecule is COC(=O)c1ccc([C@H]2CCCN2C(=O)OC(C)(C)C)c(C)c1. The van der Waals surface area contributed by atoms with E-state index in [4.69, 9.17) is 9.47 Å². The van der Waals surface area contributed by atoms with Crippen LogP contribution in [-0.2, 0) is 9.47 Å². The van der Waals surface area contributed by atoms with E-state index in [1.807, 2.05) is 39.8 Å². The summed E-state index contributed by atoms with van der Waals surface area (Å²) in [6.07, 6.45) is 1.57. The van der Waals surface area contributed by atoms with E-state index >= 15 is 0 Å². The van der Waals surface area contributed by atoms with Crippen LogP contribution in [0, 0.1) is 6.92 Å². The highest BCUT2D eigenvalue weighted by Crippen LogP contribution is 2.35. The highest BCUT2D eigenvalue weighted by Gasteiger charge is 2.33. The molecule has 1 fully saturated rings. The van der Waals surface area contributed by atoms with Gasteiger partial charge in [0.15, 0.2) is 0 Å². The zero-order valence-corrected chi connectivity index (χ0v) is 14.5. The molecule has 0 spiro atoms. The minimum atomic E-state index is -0.506. The maximum absolute atomic E-state index is 12.4. The van der Waals surface area contributed by atoms with E-state index in [-0.39, 0.29) is 18.1 Å². The van der Waals surface area contributed by atoms with Crippen LogP contribution in [0.15, 0.2) is 18.2 Å². The van der Waals surface area contributed by atoms with Crippen LogP contribution in [0.3, 0.4) is 0 Å². The fraction of sp³-hybridized carbons (Fsp3) is 0.556. The third-order valence-corrected chi connectivity index (χ3v) is 3.93. The molecule has 1 aliphatic rings. The Labute approximate surface area is 137 Å². The largest absolute Gasteiger partial charge is 0.465 e. The van der Waals surface area contributed by atoms with Crippen molar-refractivity contribution >= 4 is 12.1 Å². The van der Waals surface area contributed by atoms with Gasteiger partial charge in [0.25, 0.3) is 0 Å². The first kappa shape index (κ1) is 17.3. The second kappa shape index (κ2) is 6.60. The lowest BCUT2D eigenvalue weighted by atomic mass is 9.97. The van der Waals surface area contributed by atoms with Gasteiger partial charge in [0.1, 0.15) is 5.60 Å². The monoisotopic (exact) mass is 319 g/mol. The van der Waals surface area contributed by atoms with E-state index in [2.05, 4.69) is 0 Å². The van der Waals surface area contributed by atoms with E-state index in [1.165, 1.54) is 7.11 Å². The highest BCUT2D eigenvalue weighted by atomic mass is 16.6. The van der Waals surface area contributed by atoms with Gasteiger partial charge < -0.3 is 14.4 Å². The quantitative estimate of drug-likeness (QED) is 0.777. The number of amides is 1. The average molecular weight is 319 g/mol. The number of benzene rings is 1. The van der Waals surface area contributed by atoms with Crippen LogP contribution in [0.1, 0.15) is 61.1 Å². The molecule has 1 aromatic carbocycles. The van der Waals surface area contributed by atoms with Crippen LogP contribution in [0.4, 0.5) is 4.79 Å². The number of nitrogens with zero attached hydrogens (tertiary/aromatic N) is 1. The maximum atomic E-state index is 12.4. The second-order valence-electron chi connectivity index (χ2n) is 6.89. The summed E-state index contributed by atoms with van der Waals surface area (Å²) in [7, 11) is 1.37. The molecule has 5 nitrogen and oxygen atoms in total. The molecule has 1 amide bonds. The minimum absolute atomic E-state index is 0.00320. The summed E-state index contributed by atoms with van der Waals surface area (Å²) in [6, 6.07) is 5.47. The van der Waals surface area contributed by atoms with Crippen molar-refractivity contribution in [1.82, 2.24) is 4.90 Å². The number of ether oxygens (including phenoxy) is 2. The van der Waals surface area contributed by atoms with Crippen molar-refractivity contribution in [3.63, 3.8) is 0 Å². The molecule has 2 rings (SSSR count). The molecule has 23 heavy (non-hydrogen) atoms. The van der Waals surface area contributed by atoms with Gasteiger partial charge in [-0.25, -0.2) is 9.59 Å². The molecule has 1 atom stereocenters. The average Bonchev–Trinajstić information content (AvgIpc) is 2.93. The van der Waals surface area contributed by atoms with Crippen molar-refractivity contribution in [2.24, 2.45) is 0 Å². The van der Waals surface area contributed by atoms with Crippen LogP contribution in [-0.4, -0.2) is 36.2 Å². The van der Waals surface area contributed by atoms with E-state index < -0.39 is 5.60 Å². The van der Waals surface area contributed by atoms with Gasteiger partial charge in [-0.3, -0.25) is 0 Å². The summed E-state index contributed by atoms with van der Waals surface area (Å²) >= 11 is 0. The Morgan fingerprint density at radius 1 is 1.26 bits per heavy atom. The van der Waals surface area contributed by atoms with Crippen molar-refractivity contribution in [2.75, 3.05) is 13.7 Å². The van der Waals surface area contributed by atoms with Gasteiger partial charge in [0.2, 0.25) is 0 Å². The number of hydrogen-bond donors (Lipinski definition) is 0. The zero-order chi connectivity index (χ0) is 17.2. The molecule has 126 valence electrons. The van der Waals surface area contributed by atoms with Crippen LogP contribution in [0.5, 0.6) is 0 Å². The molecule has 0 unspecified atom stereocenters. The standard InChI is InChI=1S/C18H25NO4/c1-12-11-13(16(20)22-5)8-9-14(12)15-7-6-10-19(15)17(21)23-18(2,3)4/h8-9,11,15H,6-7,10H2,1-5H3/t15-/m1/s1. The summed E-state index contributed by atoms with van der Waals surface area (Å²) < 4.78 is 10.3. The fourth-order valence-corrected chi connectivity index (χ4v) is 2.92. The highest BCUT2D eigenvalue weighted by molar-refractivity contribution is 5.89. The molecule has 0 N–H and O–H groups in total. The normalized spacial score (nSPS) is 18.0. The maximum Gasteiger partial charge on any atom is 0.410 e. The van der Waals surface area contributed by atoms with Crippen LogP contribution in [0.2, 0.25) is 0 Å². The topological polar surface area (TPSA) is 55.8 Å². The number of rotatable bonds is 2. The van der Waals surface area contributed by atoms with Crippen molar-refractivity contribution in [3.05, 3.63) is 34.9 Å². The minimum Gasteiger partial charge on any atom is -0.465 e. The van der Waals surface area contributed by atoms with Crippen molar-refractivity contribution < 1.29 is 19.1 Å². The Hall–Kier alpha value is -2.04. The van der Waals surface area contributed by atoms with Gasteiger partial charge in [0.05, 0.1) is 18.7 Å².